The van der Waals surface area contributed by atoms with E-state index >= 15 is 0 Å². The van der Waals surface area contributed by atoms with Crippen LogP contribution in [0.4, 0.5) is 35.1 Å². The standard InChI is InChI=1S/C16H12F8N2O3S/c1-2-30(27,28)11-5-6-12(15(19,20)21)26-13(11)10-4-3-9(7-25-10)29-8-14(17,18)16(22,23)24/h3-7H,2,8H2,1H3. The number of halogens is 8. The maximum atomic E-state index is 13.0. The Bertz CT molecular complexity index is 1000. The zero-order chi connectivity index (χ0) is 23.0. The van der Waals surface area contributed by atoms with Gasteiger partial charge in [-0.2, -0.15) is 35.1 Å². The molecular weight excluding hydrogens is 452 g/mol. The van der Waals surface area contributed by atoms with E-state index in [1.54, 1.807) is 0 Å². The van der Waals surface area contributed by atoms with E-state index in [9.17, 15) is 43.5 Å². The van der Waals surface area contributed by atoms with E-state index < -0.39 is 62.5 Å². The SMILES string of the molecule is CCS(=O)(=O)c1ccc(C(F)(F)F)nc1-c1ccc(OCC(F)(F)C(F)(F)F)cn1. The smallest absolute Gasteiger partial charge is 0.456 e. The molecule has 0 fully saturated rings. The number of sulfone groups is 1. The average Bonchev–Trinajstić information content (AvgIpc) is 2.64. The summed E-state index contributed by atoms with van der Waals surface area (Å²) in [4.78, 5) is 6.34. The Labute approximate surface area is 164 Å². The van der Waals surface area contributed by atoms with E-state index in [1.807, 2.05) is 0 Å². The van der Waals surface area contributed by atoms with E-state index in [2.05, 4.69) is 14.7 Å². The van der Waals surface area contributed by atoms with Crippen molar-refractivity contribution in [2.24, 2.45) is 0 Å². The first-order valence-electron chi connectivity index (χ1n) is 7.93. The zero-order valence-corrected chi connectivity index (χ0v) is 15.7. The van der Waals surface area contributed by atoms with Gasteiger partial charge in [0.05, 0.1) is 22.5 Å². The molecule has 2 heterocycles. The van der Waals surface area contributed by atoms with E-state index in [1.165, 1.54) is 6.92 Å². The molecule has 2 aromatic rings. The predicted octanol–water partition coefficient (Wildman–Crippen LogP) is 4.53. The van der Waals surface area contributed by atoms with Crippen molar-refractivity contribution in [2.45, 2.75) is 30.1 Å². The van der Waals surface area contributed by atoms with Crippen LogP contribution in [0.25, 0.3) is 11.4 Å². The molecule has 0 aliphatic carbocycles. The molecule has 0 saturated carbocycles. The fourth-order valence-electron chi connectivity index (χ4n) is 2.06. The van der Waals surface area contributed by atoms with E-state index in [0.717, 1.165) is 12.1 Å². The second-order valence-electron chi connectivity index (χ2n) is 5.81. The van der Waals surface area contributed by atoms with Gasteiger partial charge in [-0.3, -0.25) is 4.98 Å². The summed E-state index contributed by atoms with van der Waals surface area (Å²) in [5, 5.41) is 0. The summed E-state index contributed by atoms with van der Waals surface area (Å²) in [5.41, 5.74) is -2.44. The van der Waals surface area contributed by atoms with Crippen molar-refractivity contribution in [3.8, 4) is 17.1 Å². The zero-order valence-electron chi connectivity index (χ0n) is 14.9. The molecule has 0 aromatic carbocycles. The van der Waals surface area contributed by atoms with Gasteiger partial charge in [-0.15, -0.1) is 0 Å². The number of nitrogens with zero attached hydrogens (tertiary/aromatic N) is 2. The second-order valence-corrected chi connectivity index (χ2v) is 8.06. The van der Waals surface area contributed by atoms with Gasteiger partial charge in [0, 0.05) is 0 Å². The lowest BCUT2D eigenvalue weighted by Crippen LogP contribution is -2.41. The first kappa shape index (κ1) is 23.8. The maximum absolute atomic E-state index is 13.0. The number of aromatic nitrogens is 2. The Morgan fingerprint density at radius 1 is 0.967 bits per heavy atom. The molecular formula is C16H12F8N2O3S. The average molecular weight is 464 g/mol. The maximum Gasteiger partial charge on any atom is 0.456 e. The van der Waals surface area contributed by atoms with Gasteiger partial charge in [-0.1, -0.05) is 6.92 Å². The van der Waals surface area contributed by atoms with Gasteiger partial charge < -0.3 is 4.74 Å². The quantitative estimate of drug-likeness (QED) is 0.588. The Balaban J connectivity index is 2.41. The number of rotatable bonds is 6. The molecule has 30 heavy (non-hydrogen) atoms. The van der Waals surface area contributed by atoms with Gasteiger partial charge in [-0.05, 0) is 24.3 Å². The van der Waals surface area contributed by atoms with Crippen molar-refractivity contribution in [2.75, 3.05) is 12.4 Å². The Morgan fingerprint density at radius 2 is 1.60 bits per heavy atom. The molecule has 14 heteroatoms. The van der Waals surface area contributed by atoms with Crippen LogP contribution in [0.3, 0.4) is 0 Å². The van der Waals surface area contributed by atoms with Gasteiger partial charge in [0.25, 0.3) is 0 Å². The fourth-order valence-corrected chi connectivity index (χ4v) is 3.09. The van der Waals surface area contributed by atoms with E-state index in [0.29, 0.717) is 18.3 Å². The Kier molecular flexibility index (Phi) is 6.31. The summed E-state index contributed by atoms with van der Waals surface area (Å²) in [5.74, 6) is -6.15. The van der Waals surface area contributed by atoms with Crippen LogP contribution in [0.5, 0.6) is 5.75 Å². The van der Waals surface area contributed by atoms with Crippen LogP contribution in [0.1, 0.15) is 12.6 Å². The molecule has 0 amide bonds. The minimum absolute atomic E-state index is 0.386. The highest BCUT2D eigenvalue weighted by Gasteiger charge is 2.58. The molecule has 0 saturated heterocycles. The van der Waals surface area contributed by atoms with Crippen LogP contribution < -0.4 is 4.74 Å². The normalized spacial score (nSPS) is 13.4. The molecule has 0 spiro atoms. The largest absolute Gasteiger partial charge is 0.485 e. The van der Waals surface area contributed by atoms with Crippen LogP contribution in [0.2, 0.25) is 0 Å². The lowest BCUT2D eigenvalue weighted by atomic mass is 10.2. The molecule has 2 rings (SSSR count). The summed E-state index contributed by atoms with van der Waals surface area (Å²) >= 11 is 0. The van der Waals surface area contributed by atoms with Crippen molar-refractivity contribution in [1.82, 2.24) is 9.97 Å². The number of hydrogen-bond donors (Lipinski definition) is 0. The van der Waals surface area contributed by atoms with Crippen LogP contribution in [-0.4, -0.2) is 42.8 Å². The van der Waals surface area contributed by atoms with Crippen LogP contribution >= 0.6 is 0 Å². The third-order valence-electron chi connectivity index (χ3n) is 3.68. The van der Waals surface area contributed by atoms with Crippen molar-refractivity contribution < 1.29 is 48.3 Å². The summed E-state index contributed by atoms with van der Waals surface area (Å²) in [6.07, 6.45) is -10.1. The molecule has 2 aromatic heterocycles. The number of alkyl halides is 8. The highest BCUT2D eigenvalue weighted by atomic mass is 32.2. The number of ether oxygens (including phenoxy) is 1. The molecule has 5 nitrogen and oxygen atoms in total. The minimum atomic E-state index is -5.84. The summed E-state index contributed by atoms with van der Waals surface area (Å²) in [7, 11) is -4.02. The molecule has 0 bridgehead atoms. The lowest BCUT2D eigenvalue weighted by molar-refractivity contribution is -0.290. The van der Waals surface area contributed by atoms with E-state index in [4.69, 9.17) is 0 Å². The van der Waals surface area contributed by atoms with Crippen molar-refractivity contribution in [1.29, 1.82) is 0 Å². The molecule has 0 aliphatic heterocycles. The monoisotopic (exact) mass is 464 g/mol. The first-order valence-corrected chi connectivity index (χ1v) is 9.58. The molecule has 0 atom stereocenters. The molecule has 0 aliphatic rings. The highest BCUT2D eigenvalue weighted by molar-refractivity contribution is 7.91. The Hall–Kier alpha value is -2.51. The van der Waals surface area contributed by atoms with Gasteiger partial charge >= 0.3 is 18.3 Å². The van der Waals surface area contributed by atoms with Crippen LogP contribution in [0, 0.1) is 0 Å². The lowest BCUT2D eigenvalue weighted by Gasteiger charge is -2.19. The molecule has 0 N–H and O–H groups in total. The van der Waals surface area contributed by atoms with Crippen LogP contribution in [0.15, 0.2) is 35.4 Å². The fraction of sp³-hybridized carbons (Fsp3) is 0.375. The second kappa shape index (κ2) is 7.96. The third kappa shape index (κ3) is 5.15. The van der Waals surface area contributed by atoms with Gasteiger partial charge in [0.2, 0.25) is 0 Å². The van der Waals surface area contributed by atoms with E-state index in [-0.39, 0.29) is 5.69 Å². The predicted molar refractivity (Wildman–Crippen MR) is 86.7 cm³/mol. The third-order valence-corrected chi connectivity index (χ3v) is 5.44. The number of pyridine rings is 2. The van der Waals surface area contributed by atoms with Gasteiger partial charge in [-0.25, -0.2) is 13.4 Å². The van der Waals surface area contributed by atoms with Crippen molar-refractivity contribution in [3.63, 3.8) is 0 Å². The summed E-state index contributed by atoms with van der Waals surface area (Å²) < 4.78 is 130. The topological polar surface area (TPSA) is 69.2 Å². The summed E-state index contributed by atoms with van der Waals surface area (Å²) in [6, 6.07) is 2.92. The van der Waals surface area contributed by atoms with Crippen molar-refractivity contribution in [3.05, 3.63) is 36.2 Å². The Morgan fingerprint density at radius 3 is 2.07 bits per heavy atom. The summed E-state index contributed by atoms with van der Waals surface area (Å²) in [6.45, 7) is -0.795. The highest BCUT2D eigenvalue weighted by Crippen LogP contribution is 2.36. The van der Waals surface area contributed by atoms with Gasteiger partial charge in [0.1, 0.15) is 17.1 Å². The number of hydrogen-bond acceptors (Lipinski definition) is 5. The van der Waals surface area contributed by atoms with Crippen LogP contribution in [-0.2, 0) is 16.0 Å². The molecule has 0 unspecified atom stereocenters. The van der Waals surface area contributed by atoms with Gasteiger partial charge in [0.15, 0.2) is 16.4 Å². The first-order chi connectivity index (χ1) is 13.6. The molecule has 0 radical (unpaired) electrons. The van der Waals surface area contributed by atoms with Crippen molar-refractivity contribution >= 4 is 9.84 Å². The minimum Gasteiger partial charge on any atom is -0.485 e. The molecule has 166 valence electrons.